The fourth-order valence-corrected chi connectivity index (χ4v) is 3.72. The molecule has 2 N–H and O–H groups in total. The zero-order valence-electron chi connectivity index (χ0n) is 18.7. The van der Waals surface area contributed by atoms with Gasteiger partial charge in [-0.3, -0.25) is 25.2 Å². The number of halogens is 1. The summed E-state index contributed by atoms with van der Waals surface area (Å²) in [7, 11) is 1.53. The Hall–Kier alpha value is -3.39. The van der Waals surface area contributed by atoms with Crippen LogP contribution in [-0.4, -0.2) is 28.7 Å². The minimum absolute atomic E-state index is 0.0870. The van der Waals surface area contributed by atoms with Crippen molar-refractivity contribution in [3.63, 3.8) is 0 Å². The van der Waals surface area contributed by atoms with Crippen molar-refractivity contribution in [2.75, 3.05) is 7.11 Å². The smallest absolute Gasteiger partial charge is 0.290 e. The summed E-state index contributed by atoms with van der Waals surface area (Å²) in [6.07, 6.45) is 3.33. The lowest BCUT2D eigenvalue weighted by Gasteiger charge is -2.12. The second-order valence-corrected chi connectivity index (χ2v) is 8.01. The van der Waals surface area contributed by atoms with E-state index in [0.717, 1.165) is 24.8 Å². The molecule has 1 heterocycles. The highest BCUT2D eigenvalue weighted by molar-refractivity contribution is 6.32. The van der Waals surface area contributed by atoms with E-state index < -0.39 is 5.91 Å². The van der Waals surface area contributed by atoms with Crippen molar-refractivity contribution in [2.24, 2.45) is 0 Å². The Morgan fingerprint density at radius 1 is 1.09 bits per heavy atom. The first-order chi connectivity index (χ1) is 15.9. The van der Waals surface area contributed by atoms with E-state index in [1.54, 1.807) is 36.4 Å². The molecule has 3 rings (SSSR count). The summed E-state index contributed by atoms with van der Waals surface area (Å²) >= 11 is 6.11. The predicted octanol–water partition coefficient (Wildman–Crippen LogP) is 3.64. The van der Waals surface area contributed by atoms with Crippen LogP contribution in [-0.2, 0) is 17.8 Å². The van der Waals surface area contributed by atoms with Crippen molar-refractivity contribution < 1.29 is 14.3 Å². The Balaban J connectivity index is 1.67. The van der Waals surface area contributed by atoms with Gasteiger partial charge >= 0.3 is 0 Å². The van der Waals surface area contributed by atoms with Gasteiger partial charge in [0.05, 0.1) is 17.5 Å². The highest BCUT2D eigenvalue weighted by Gasteiger charge is 2.17. The molecular formula is C24H27ClN4O4. The van der Waals surface area contributed by atoms with Crippen LogP contribution in [0.5, 0.6) is 5.75 Å². The molecule has 174 valence electrons. The van der Waals surface area contributed by atoms with Crippen LogP contribution in [0, 0.1) is 0 Å². The van der Waals surface area contributed by atoms with Crippen LogP contribution < -0.4 is 21.1 Å². The van der Waals surface area contributed by atoms with Gasteiger partial charge in [-0.05, 0) is 36.6 Å². The van der Waals surface area contributed by atoms with Crippen LogP contribution in [0.2, 0.25) is 5.02 Å². The van der Waals surface area contributed by atoms with E-state index in [1.807, 2.05) is 6.07 Å². The number of methoxy groups -OCH3 is 1. The van der Waals surface area contributed by atoms with Crippen molar-refractivity contribution in [3.8, 4) is 5.75 Å². The standard InChI is InChI=1S/C24H27ClN4O4/c1-3-4-7-14-29-24(32)18-9-6-5-8-17(18)22(28-29)23(31)27-26-21(30)13-11-16-10-12-20(33-2)19(25)15-16/h5-6,8-10,12,15H,3-4,7,11,13-14H2,1-2H3,(H,26,30)(H,27,31). The minimum Gasteiger partial charge on any atom is -0.495 e. The van der Waals surface area contributed by atoms with E-state index in [-0.39, 0.29) is 23.6 Å². The highest BCUT2D eigenvalue weighted by Crippen LogP contribution is 2.25. The molecule has 1 aromatic heterocycles. The van der Waals surface area contributed by atoms with Gasteiger partial charge in [0.15, 0.2) is 5.69 Å². The number of rotatable bonds is 9. The van der Waals surface area contributed by atoms with Crippen molar-refractivity contribution in [3.05, 3.63) is 69.1 Å². The molecule has 33 heavy (non-hydrogen) atoms. The Labute approximate surface area is 196 Å². The summed E-state index contributed by atoms with van der Waals surface area (Å²) in [5.41, 5.74) is 5.54. The van der Waals surface area contributed by atoms with Crippen LogP contribution in [0.1, 0.15) is 48.7 Å². The number of aromatic nitrogens is 2. The maximum atomic E-state index is 12.8. The van der Waals surface area contributed by atoms with Gasteiger partial charge < -0.3 is 4.74 Å². The SMILES string of the molecule is CCCCCn1nc(C(=O)NNC(=O)CCc2ccc(OC)c(Cl)c2)c2ccccc2c1=O. The highest BCUT2D eigenvalue weighted by atomic mass is 35.5. The topological polar surface area (TPSA) is 102 Å². The Morgan fingerprint density at radius 3 is 2.55 bits per heavy atom. The molecule has 3 aromatic rings. The molecule has 0 spiro atoms. The van der Waals surface area contributed by atoms with Crippen LogP contribution >= 0.6 is 11.6 Å². The molecular weight excluding hydrogens is 444 g/mol. The van der Waals surface area contributed by atoms with E-state index in [1.165, 1.54) is 11.8 Å². The van der Waals surface area contributed by atoms with E-state index in [2.05, 4.69) is 22.9 Å². The molecule has 8 nitrogen and oxygen atoms in total. The van der Waals surface area contributed by atoms with Crippen LogP contribution in [0.25, 0.3) is 10.8 Å². The molecule has 0 aliphatic heterocycles. The number of benzene rings is 2. The maximum absolute atomic E-state index is 12.8. The number of hydrazine groups is 1. The third-order valence-corrected chi connectivity index (χ3v) is 5.52. The largest absolute Gasteiger partial charge is 0.495 e. The van der Waals surface area contributed by atoms with Crippen LogP contribution in [0.3, 0.4) is 0 Å². The van der Waals surface area contributed by atoms with Crippen molar-refractivity contribution in [1.82, 2.24) is 20.6 Å². The third-order valence-electron chi connectivity index (χ3n) is 5.23. The number of carbonyl (C=O) groups is 2. The maximum Gasteiger partial charge on any atom is 0.290 e. The van der Waals surface area contributed by atoms with Gasteiger partial charge in [-0.15, -0.1) is 0 Å². The van der Waals surface area contributed by atoms with Crippen molar-refractivity contribution in [1.29, 1.82) is 0 Å². The van der Waals surface area contributed by atoms with Gasteiger partial charge in [0, 0.05) is 18.4 Å². The Bertz CT molecular complexity index is 1210. The molecule has 0 saturated carbocycles. The summed E-state index contributed by atoms with van der Waals surface area (Å²) in [6, 6.07) is 12.1. The number of hydrogen-bond acceptors (Lipinski definition) is 5. The van der Waals surface area contributed by atoms with Gasteiger partial charge in [0.1, 0.15) is 5.75 Å². The number of amides is 2. The number of fused-ring (bicyclic) bond motifs is 1. The second-order valence-electron chi connectivity index (χ2n) is 7.60. The number of unbranched alkanes of at least 4 members (excludes halogenated alkanes) is 2. The van der Waals surface area contributed by atoms with Gasteiger partial charge in [-0.25, -0.2) is 4.68 Å². The molecule has 0 atom stereocenters. The number of ether oxygens (including phenoxy) is 1. The van der Waals surface area contributed by atoms with Gasteiger partial charge in [0.2, 0.25) is 5.91 Å². The quantitative estimate of drug-likeness (QED) is 0.367. The summed E-state index contributed by atoms with van der Waals surface area (Å²) in [5, 5.41) is 5.60. The first kappa shape index (κ1) is 24.3. The van der Waals surface area contributed by atoms with E-state index in [9.17, 15) is 14.4 Å². The predicted molar refractivity (Wildman–Crippen MR) is 127 cm³/mol. The summed E-state index contributed by atoms with van der Waals surface area (Å²) in [5.74, 6) is -0.389. The zero-order valence-corrected chi connectivity index (χ0v) is 19.4. The molecule has 0 bridgehead atoms. The number of nitrogens with one attached hydrogen (secondary N) is 2. The lowest BCUT2D eigenvalue weighted by Crippen LogP contribution is -2.43. The number of carbonyl (C=O) groups excluding carboxylic acids is 2. The normalized spacial score (nSPS) is 10.8. The van der Waals surface area contributed by atoms with Gasteiger partial charge in [0.25, 0.3) is 11.5 Å². The van der Waals surface area contributed by atoms with Gasteiger partial charge in [-0.2, -0.15) is 5.10 Å². The molecule has 0 unspecified atom stereocenters. The summed E-state index contributed by atoms with van der Waals surface area (Å²) in [6.45, 7) is 2.50. The zero-order chi connectivity index (χ0) is 23.8. The monoisotopic (exact) mass is 470 g/mol. The number of aryl methyl sites for hydroxylation is 2. The first-order valence-corrected chi connectivity index (χ1v) is 11.2. The van der Waals surface area contributed by atoms with Crippen LogP contribution in [0.4, 0.5) is 0 Å². The third kappa shape index (κ3) is 6.10. The molecule has 0 aliphatic rings. The lowest BCUT2D eigenvalue weighted by molar-refractivity contribution is -0.121. The lowest BCUT2D eigenvalue weighted by atomic mass is 10.1. The Morgan fingerprint density at radius 2 is 1.85 bits per heavy atom. The number of nitrogens with zero attached hydrogens (tertiary/aromatic N) is 2. The minimum atomic E-state index is -0.587. The molecule has 9 heteroatoms. The second kappa shape index (κ2) is 11.5. The van der Waals surface area contributed by atoms with Crippen LogP contribution in [0.15, 0.2) is 47.3 Å². The number of hydrogen-bond donors (Lipinski definition) is 2. The average Bonchev–Trinajstić information content (AvgIpc) is 2.83. The van der Waals surface area contributed by atoms with E-state index in [4.69, 9.17) is 16.3 Å². The molecule has 0 aliphatic carbocycles. The molecule has 0 saturated heterocycles. The average molecular weight is 471 g/mol. The first-order valence-electron chi connectivity index (χ1n) is 10.9. The van der Waals surface area contributed by atoms with Crippen molar-refractivity contribution >= 4 is 34.2 Å². The molecule has 0 fully saturated rings. The van der Waals surface area contributed by atoms with Gasteiger partial charge in [-0.1, -0.05) is 55.6 Å². The summed E-state index contributed by atoms with van der Waals surface area (Å²) in [4.78, 5) is 37.8. The molecule has 0 radical (unpaired) electrons. The molecule has 2 aromatic carbocycles. The Kier molecular flexibility index (Phi) is 8.43. The summed E-state index contributed by atoms with van der Waals surface area (Å²) < 4.78 is 6.44. The van der Waals surface area contributed by atoms with Crippen molar-refractivity contribution in [2.45, 2.75) is 45.6 Å². The fourth-order valence-electron chi connectivity index (χ4n) is 3.44. The molecule has 2 amide bonds. The fraction of sp³-hybridized carbons (Fsp3) is 0.333. The van der Waals surface area contributed by atoms with E-state index in [0.29, 0.717) is 34.5 Å². The van der Waals surface area contributed by atoms with E-state index >= 15 is 0 Å².